The highest BCUT2D eigenvalue weighted by Gasteiger charge is 2.42. The second kappa shape index (κ2) is 5.76. The Bertz CT molecular complexity index is 618. The second-order valence-corrected chi connectivity index (χ2v) is 8.22. The van der Waals surface area contributed by atoms with Crippen LogP contribution in [0.3, 0.4) is 0 Å². The van der Waals surface area contributed by atoms with E-state index in [2.05, 4.69) is 8.37 Å². The lowest BCUT2D eigenvalue weighted by atomic mass is 10.2. The van der Waals surface area contributed by atoms with Crippen molar-refractivity contribution in [3.05, 3.63) is 0 Å². The van der Waals surface area contributed by atoms with Gasteiger partial charge in [-0.1, -0.05) is 0 Å². The summed E-state index contributed by atoms with van der Waals surface area (Å²) < 4.78 is 63.3. The Morgan fingerprint density at radius 1 is 0.818 bits per heavy atom. The monoisotopic (exact) mass is 358 g/mol. The summed E-state index contributed by atoms with van der Waals surface area (Å²) in [5.74, 6) is -3.97. The van der Waals surface area contributed by atoms with Gasteiger partial charge in [-0.05, 0) is 13.8 Å². The molecule has 4 unspecified atom stereocenters. The third-order valence-corrected chi connectivity index (χ3v) is 5.73. The average molecular weight is 358 g/mol. The highest BCUT2D eigenvalue weighted by atomic mass is 32.2. The lowest BCUT2D eigenvalue weighted by molar-refractivity contribution is -0.175. The molecule has 2 fully saturated rings. The Balaban J connectivity index is 1.92. The van der Waals surface area contributed by atoms with Gasteiger partial charge in [-0.3, -0.25) is 8.37 Å². The molecule has 0 bridgehead atoms. The zero-order chi connectivity index (χ0) is 16.7. The van der Waals surface area contributed by atoms with E-state index in [1.807, 2.05) is 0 Å². The molecule has 4 atom stereocenters. The molecule has 2 rings (SSSR count). The van der Waals surface area contributed by atoms with Crippen molar-refractivity contribution in [2.24, 2.45) is 0 Å². The van der Waals surface area contributed by atoms with Gasteiger partial charge in [-0.15, -0.1) is 0 Å². The molecule has 0 spiro atoms. The molecule has 0 amide bonds. The molecule has 10 nitrogen and oxygen atoms in total. The number of carbonyl (C=O) groups is 2. The Morgan fingerprint density at radius 2 is 1.14 bits per heavy atom. The van der Waals surface area contributed by atoms with Crippen LogP contribution in [0.4, 0.5) is 0 Å². The molecule has 0 radical (unpaired) electrons. The van der Waals surface area contributed by atoms with Crippen LogP contribution in [-0.2, 0) is 47.7 Å². The molecule has 0 N–H and O–H groups in total. The van der Waals surface area contributed by atoms with E-state index in [1.165, 1.54) is 13.8 Å². The van der Waals surface area contributed by atoms with Gasteiger partial charge in [0.1, 0.15) is 35.9 Å². The van der Waals surface area contributed by atoms with Crippen LogP contribution < -0.4 is 0 Å². The average Bonchev–Trinajstić information content (AvgIpc) is 2.74. The number of rotatable bonds is 2. The number of esters is 2. The van der Waals surface area contributed by atoms with Crippen LogP contribution in [0.5, 0.6) is 0 Å². The number of hydrogen-bond donors (Lipinski definition) is 0. The Morgan fingerprint density at radius 3 is 1.36 bits per heavy atom. The van der Waals surface area contributed by atoms with Gasteiger partial charge < -0.3 is 9.47 Å². The first-order chi connectivity index (χ1) is 9.99. The Hall–Kier alpha value is -1.24. The van der Waals surface area contributed by atoms with Crippen LogP contribution in [0.25, 0.3) is 0 Å². The van der Waals surface area contributed by atoms with E-state index in [9.17, 15) is 26.4 Å². The molecule has 126 valence electrons. The molecule has 2 saturated heterocycles. The molecule has 0 aromatic rings. The third kappa shape index (κ3) is 3.94. The van der Waals surface area contributed by atoms with Gasteiger partial charge in [-0.2, -0.15) is 16.8 Å². The highest BCUT2D eigenvalue weighted by molar-refractivity contribution is 7.87. The lowest BCUT2D eigenvalue weighted by Crippen LogP contribution is -2.35. The van der Waals surface area contributed by atoms with Crippen LogP contribution in [0.15, 0.2) is 0 Å². The molecule has 0 aromatic carbocycles. The SMILES string of the molecule is CC1OS(=O)(=O)CC1OC(=O)C(=O)OC1CS(=O)(=O)OC1C. The zero-order valence-electron chi connectivity index (χ0n) is 11.6. The van der Waals surface area contributed by atoms with E-state index in [-0.39, 0.29) is 0 Å². The van der Waals surface area contributed by atoms with Crippen molar-refractivity contribution in [3.8, 4) is 0 Å². The van der Waals surface area contributed by atoms with Gasteiger partial charge in [0.15, 0.2) is 0 Å². The Kier molecular flexibility index (Phi) is 4.48. The molecule has 0 aromatic heterocycles. The van der Waals surface area contributed by atoms with Crippen LogP contribution in [-0.4, -0.2) is 64.7 Å². The van der Waals surface area contributed by atoms with Crippen LogP contribution in [0, 0.1) is 0 Å². The minimum Gasteiger partial charge on any atom is -0.450 e. The predicted molar refractivity (Wildman–Crippen MR) is 68.4 cm³/mol. The molecule has 12 heteroatoms. The van der Waals surface area contributed by atoms with E-state index >= 15 is 0 Å². The van der Waals surface area contributed by atoms with E-state index < -0.39 is 68.1 Å². The third-order valence-electron chi connectivity index (χ3n) is 3.06. The quantitative estimate of drug-likeness (QED) is 0.319. The fourth-order valence-corrected chi connectivity index (χ4v) is 4.78. The Labute approximate surface area is 126 Å². The van der Waals surface area contributed by atoms with Gasteiger partial charge in [0.25, 0.3) is 20.2 Å². The van der Waals surface area contributed by atoms with Crippen molar-refractivity contribution in [3.63, 3.8) is 0 Å². The van der Waals surface area contributed by atoms with Crippen molar-refractivity contribution < 1.29 is 44.3 Å². The fourth-order valence-electron chi connectivity index (χ4n) is 1.97. The minimum atomic E-state index is -3.79. The van der Waals surface area contributed by atoms with E-state index in [4.69, 9.17) is 9.47 Å². The van der Waals surface area contributed by atoms with Crippen molar-refractivity contribution in [2.75, 3.05) is 11.5 Å². The van der Waals surface area contributed by atoms with Crippen molar-refractivity contribution in [2.45, 2.75) is 38.3 Å². The van der Waals surface area contributed by atoms with E-state index in [0.29, 0.717) is 0 Å². The van der Waals surface area contributed by atoms with E-state index in [0.717, 1.165) is 0 Å². The van der Waals surface area contributed by atoms with Gasteiger partial charge in [0, 0.05) is 0 Å². The maximum absolute atomic E-state index is 11.6. The molecule has 2 aliphatic rings. The first-order valence-electron chi connectivity index (χ1n) is 6.22. The predicted octanol–water partition coefficient (Wildman–Crippen LogP) is -1.69. The van der Waals surface area contributed by atoms with E-state index in [1.54, 1.807) is 0 Å². The molecule has 22 heavy (non-hydrogen) atoms. The van der Waals surface area contributed by atoms with Crippen molar-refractivity contribution in [1.82, 2.24) is 0 Å². The standard InChI is InChI=1S/C10H14O10S2/c1-5-7(3-21(13,14)19-5)17-9(11)10(12)18-8-4-22(15,16)20-6(8)2/h5-8H,3-4H2,1-2H3. The maximum Gasteiger partial charge on any atom is 0.417 e. The summed E-state index contributed by atoms with van der Waals surface area (Å²) >= 11 is 0. The molecular formula is C10H14O10S2. The van der Waals surface area contributed by atoms with Crippen LogP contribution >= 0.6 is 0 Å². The molecule has 2 aliphatic heterocycles. The fraction of sp³-hybridized carbons (Fsp3) is 0.800. The van der Waals surface area contributed by atoms with Crippen molar-refractivity contribution >= 4 is 32.2 Å². The summed E-state index contributed by atoms with van der Waals surface area (Å²) in [6, 6.07) is 0. The van der Waals surface area contributed by atoms with Gasteiger partial charge in [0.05, 0.1) is 0 Å². The zero-order valence-corrected chi connectivity index (χ0v) is 13.3. The lowest BCUT2D eigenvalue weighted by Gasteiger charge is -2.15. The van der Waals surface area contributed by atoms with Gasteiger partial charge >= 0.3 is 11.9 Å². The summed E-state index contributed by atoms with van der Waals surface area (Å²) in [7, 11) is -7.58. The first kappa shape index (κ1) is 17.1. The van der Waals surface area contributed by atoms with Crippen LogP contribution in [0.1, 0.15) is 13.8 Å². The summed E-state index contributed by atoms with van der Waals surface area (Å²) in [5.41, 5.74) is 0. The molecule has 2 heterocycles. The number of hydrogen-bond acceptors (Lipinski definition) is 10. The molecular weight excluding hydrogens is 344 g/mol. The minimum absolute atomic E-state index is 0.565. The molecule has 0 aliphatic carbocycles. The summed E-state index contributed by atoms with van der Waals surface area (Å²) in [6.07, 6.45) is -4.11. The number of ether oxygens (including phenoxy) is 2. The highest BCUT2D eigenvalue weighted by Crippen LogP contribution is 2.21. The second-order valence-electron chi connectivity index (χ2n) is 4.94. The van der Waals surface area contributed by atoms with Gasteiger partial charge in [-0.25, -0.2) is 9.59 Å². The van der Waals surface area contributed by atoms with Gasteiger partial charge in [0.2, 0.25) is 0 Å². The molecule has 0 saturated carbocycles. The largest absolute Gasteiger partial charge is 0.450 e. The number of carbonyl (C=O) groups excluding carboxylic acids is 2. The summed E-state index contributed by atoms with van der Waals surface area (Å²) in [4.78, 5) is 23.1. The van der Waals surface area contributed by atoms with Crippen LogP contribution in [0.2, 0.25) is 0 Å². The van der Waals surface area contributed by atoms with Crippen molar-refractivity contribution in [1.29, 1.82) is 0 Å². The smallest absolute Gasteiger partial charge is 0.417 e. The first-order valence-corrected chi connectivity index (χ1v) is 9.38. The summed E-state index contributed by atoms with van der Waals surface area (Å²) in [6.45, 7) is 2.74. The maximum atomic E-state index is 11.6. The topological polar surface area (TPSA) is 139 Å². The summed E-state index contributed by atoms with van der Waals surface area (Å²) in [5, 5.41) is 0. The normalized spacial score (nSPS) is 35.9.